The molecule has 0 aromatic heterocycles. The molecule has 2 aliphatic carbocycles. The van der Waals surface area contributed by atoms with Gasteiger partial charge in [-0.05, 0) is 43.4 Å². The Morgan fingerprint density at radius 2 is 1.74 bits per heavy atom. The molecule has 0 heterocycles. The summed E-state index contributed by atoms with van der Waals surface area (Å²) in [5, 5.41) is 0. The third-order valence-corrected chi connectivity index (χ3v) is 5.51. The highest BCUT2D eigenvalue weighted by atomic mass is 16.6. The van der Waals surface area contributed by atoms with Crippen LogP contribution < -0.4 is 0 Å². The molecule has 23 heavy (non-hydrogen) atoms. The number of carbonyl (C=O) groups is 2. The van der Waals surface area contributed by atoms with Crippen molar-refractivity contribution in [1.82, 2.24) is 0 Å². The molecular weight excluding hydrogens is 292 g/mol. The fourth-order valence-electron chi connectivity index (χ4n) is 4.04. The summed E-state index contributed by atoms with van der Waals surface area (Å²) in [7, 11) is 0. The van der Waals surface area contributed by atoms with Crippen LogP contribution in [0.1, 0.15) is 72.1 Å². The van der Waals surface area contributed by atoms with Crippen molar-refractivity contribution < 1.29 is 19.1 Å². The molecule has 0 aliphatic heterocycles. The molecule has 2 rings (SSSR count). The molecule has 0 aromatic rings. The molecule has 132 valence electrons. The zero-order chi connectivity index (χ0) is 16.8. The average Bonchev–Trinajstić information content (AvgIpc) is 2.53. The Morgan fingerprint density at radius 3 is 2.39 bits per heavy atom. The summed E-state index contributed by atoms with van der Waals surface area (Å²) in [5.74, 6) is 0.884. The fraction of sp³-hybridized carbons (Fsp3) is 0.895. The molecule has 0 amide bonds. The largest absolute Gasteiger partial charge is 0.460 e. The molecule has 0 radical (unpaired) electrons. The van der Waals surface area contributed by atoms with Crippen molar-refractivity contribution in [3.8, 4) is 0 Å². The SMILES string of the molecule is CC(C)[C@@H]1CC[C@@H](C)C[C@H]1OC(=O)COC(=O)C1CCCCC1. The third-order valence-electron chi connectivity index (χ3n) is 5.51. The summed E-state index contributed by atoms with van der Waals surface area (Å²) in [6, 6.07) is 0. The number of esters is 2. The predicted molar refractivity (Wildman–Crippen MR) is 88.8 cm³/mol. The van der Waals surface area contributed by atoms with E-state index in [2.05, 4.69) is 20.8 Å². The van der Waals surface area contributed by atoms with Crippen molar-refractivity contribution in [3.63, 3.8) is 0 Å². The molecule has 2 saturated carbocycles. The summed E-state index contributed by atoms with van der Waals surface area (Å²) in [4.78, 5) is 24.1. The van der Waals surface area contributed by atoms with Gasteiger partial charge in [-0.2, -0.15) is 0 Å². The van der Waals surface area contributed by atoms with E-state index in [0.29, 0.717) is 17.8 Å². The van der Waals surface area contributed by atoms with Crippen molar-refractivity contribution in [3.05, 3.63) is 0 Å². The van der Waals surface area contributed by atoms with Crippen molar-refractivity contribution in [2.45, 2.75) is 78.2 Å². The normalized spacial score (nSPS) is 29.3. The van der Waals surface area contributed by atoms with Crippen LogP contribution in [0.25, 0.3) is 0 Å². The lowest BCUT2D eigenvalue weighted by Gasteiger charge is -2.36. The minimum Gasteiger partial charge on any atom is -0.460 e. The molecule has 2 fully saturated rings. The molecule has 0 spiro atoms. The van der Waals surface area contributed by atoms with Crippen LogP contribution in [0.4, 0.5) is 0 Å². The quantitative estimate of drug-likeness (QED) is 0.714. The monoisotopic (exact) mass is 324 g/mol. The molecule has 0 N–H and O–H groups in total. The molecule has 2 aliphatic rings. The third kappa shape index (κ3) is 5.50. The van der Waals surface area contributed by atoms with Gasteiger partial charge in [0.25, 0.3) is 0 Å². The van der Waals surface area contributed by atoms with Gasteiger partial charge in [-0.25, -0.2) is 4.79 Å². The summed E-state index contributed by atoms with van der Waals surface area (Å²) >= 11 is 0. The van der Waals surface area contributed by atoms with Crippen molar-refractivity contribution in [2.24, 2.45) is 23.7 Å². The smallest absolute Gasteiger partial charge is 0.344 e. The van der Waals surface area contributed by atoms with E-state index >= 15 is 0 Å². The number of hydrogen-bond donors (Lipinski definition) is 0. The Kier molecular flexibility index (Phi) is 6.91. The molecule has 0 bridgehead atoms. The average molecular weight is 324 g/mol. The highest BCUT2D eigenvalue weighted by Crippen LogP contribution is 2.35. The van der Waals surface area contributed by atoms with Crippen molar-refractivity contribution in [1.29, 1.82) is 0 Å². The zero-order valence-corrected chi connectivity index (χ0v) is 14.9. The first-order valence-corrected chi connectivity index (χ1v) is 9.33. The van der Waals surface area contributed by atoms with E-state index in [1.165, 1.54) is 12.8 Å². The maximum absolute atomic E-state index is 12.1. The summed E-state index contributed by atoms with van der Waals surface area (Å²) in [5.41, 5.74) is 0. The minimum atomic E-state index is -0.390. The molecule has 4 heteroatoms. The van der Waals surface area contributed by atoms with E-state index in [1.807, 2.05) is 0 Å². The second-order valence-electron chi connectivity index (χ2n) is 7.80. The molecule has 4 nitrogen and oxygen atoms in total. The van der Waals surface area contributed by atoms with Gasteiger partial charge in [0.05, 0.1) is 5.92 Å². The van der Waals surface area contributed by atoms with Gasteiger partial charge in [0.15, 0.2) is 6.61 Å². The first kappa shape index (κ1) is 18.3. The second-order valence-corrected chi connectivity index (χ2v) is 7.80. The maximum atomic E-state index is 12.1. The van der Waals surface area contributed by atoms with Crippen LogP contribution >= 0.6 is 0 Å². The maximum Gasteiger partial charge on any atom is 0.344 e. The van der Waals surface area contributed by atoms with E-state index in [4.69, 9.17) is 9.47 Å². The van der Waals surface area contributed by atoms with Crippen LogP contribution in [0, 0.1) is 23.7 Å². The first-order chi connectivity index (χ1) is 11.0. The standard InChI is InChI=1S/C19H32O4/c1-13(2)16-10-9-14(3)11-17(16)23-18(20)12-22-19(21)15-7-5-4-6-8-15/h13-17H,4-12H2,1-3H3/t14-,16+,17-/m1/s1. The van der Waals surface area contributed by atoms with Crippen LogP contribution in [0.5, 0.6) is 0 Å². The number of carbonyl (C=O) groups excluding carboxylic acids is 2. The highest BCUT2D eigenvalue weighted by molar-refractivity contribution is 5.77. The lowest BCUT2D eigenvalue weighted by atomic mass is 9.75. The Bertz CT molecular complexity index is 398. The van der Waals surface area contributed by atoms with Crippen LogP contribution in [0.15, 0.2) is 0 Å². The zero-order valence-electron chi connectivity index (χ0n) is 14.9. The molecule has 0 unspecified atom stereocenters. The van der Waals surface area contributed by atoms with Crippen LogP contribution in [0.3, 0.4) is 0 Å². The Balaban J connectivity index is 1.77. The lowest BCUT2D eigenvalue weighted by molar-refractivity contribution is -0.169. The van der Waals surface area contributed by atoms with E-state index in [9.17, 15) is 9.59 Å². The van der Waals surface area contributed by atoms with Gasteiger partial charge in [0.1, 0.15) is 6.10 Å². The first-order valence-electron chi connectivity index (χ1n) is 9.33. The number of hydrogen-bond acceptors (Lipinski definition) is 4. The Labute approximate surface area is 140 Å². The minimum absolute atomic E-state index is 0.0188. The topological polar surface area (TPSA) is 52.6 Å². The Hall–Kier alpha value is -1.06. The molecule has 0 saturated heterocycles. The van der Waals surface area contributed by atoms with Gasteiger partial charge in [0.2, 0.25) is 0 Å². The van der Waals surface area contributed by atoms with Crippen LogP contribution in [-0.2, 0) is 19.1 Å². The lowest BCUT2D eigenvalue weighted by Crippen LogP contribution is -2.37. The van der Waals surface area contributed by atoms with Crippen LogP contribution in [0.2, 0.25) is 0 Å². The van der Waals surface area contributed by atoms with Crippen LogP contribution in [-0.4, -0.2) is 24.6 Å². The van der Waals surface area contributed by atoms with Crippen molar-refractivity contribution in [2.75, 3.05) is 6.61 Å². The number of rotatable bonds is 5. The summed E-state index contributed by atoms with van der Waals surface area (Å²) in [6.45, 7) is 6.35. The fourth-order valence-corrected chi connectivity index (χ4v) is 4.04. The van der Waals surface area contributed by atoms with Gasteiger partial charge in [-0.15, -0.1) is 0 Å². The van der Waals surface area contributed by atoms with E-state index in [0.717, 1.165) is 38.5 Å². The van der Waals surface area contributed by atoms with Gasteiger partial charge in [-0.1, -0.05) is 46.5 Å². The van der Waals surface area contributed by atoms with E-state index in [-0.39, 0.29) is 30.6 Å². The van der Waals surface area contributed by atoms with Gasteiger partial charge >= 0.3 is 11.9 Å². The van der Waals surface area contributed by atoms with Gasteiger partial charge < -0.3 is 9.47 Å². The van der Waals surface area contributed by atoms with Gasteiger partial charge in [-0.3, -0.25) is 4.79 Å². The van der Waals surface area contributed by atoms with Gasteiger partial charge in [0, 0.05) is 0 Å². The highest BCUT2D eigenvalue weighted by Gasteiger charge is 2.33. The molecule has 0 aromatic carbocycles. The summed E-state index contributed by atoms with van der Waals surface area (Å²) < 4.78 is 10.9. The predicted octanol–water partition coefficient (Wildman–Crippen LogP) is 4.11. The van der Waals surface area contributed by atoms with Crippen molar-refractivity contribution >= 4 is 11.9 Å². The Morgan fingerprint density at radius 1 is 1.04 bits per heavy atom. The summed E-state index contributed by atoms with van der Waals surface area (Å²) in [6.07, 6.45) is 8.35. The number of ether oxygens (including phenoxy) is 2. The molecular formula is C19H32O4. The second kappa shape index (κ2) is 8.70. The van der Waals surface area contributed by atoms with E-state index < -0.39 is 0 Å². The molecule has 3 atom stereocenters. The van der Waals surface area contributed by atoms with E-state index in [1.54, 1.807) is 0 Å².